The van der Waals surface area contributed by atoms with Crippen molar-refractivity contribution >= 4 is 16.8 Å². The van der Waals surface area contributed by atoms with Gasteiger partial charge in [-0.3, -0.25) is 4.79 Å². The number of aromatic nitrogens is 1. The molecule has 27 heavy (non-hydrogen) atoms. The number of carbonyl (C=O) groups is 1. The van der Waals surface area contributed by atoms with E-state index < -0.39 is 30.8 Å². The Morgan fingerprint density at radius 3 is 2.56 bits per heavy atom. The first-order valence-corrected chi connectivity index (χ1v) is 8.53. The molecule has 0 spiro atoms. The number of rotatable bonds is 7. The summed E-state index contributed by atoms with van der Waals surface area (Å²) in [6, 6.07) is 12.2. The summed E-state index contributed by atoms with van der Waals surface area (Å²) in [6.07, 6.45) is -2.67. The highest BCUT2D eigenvalue weighted by atomic mass is 19.3. The fourth-order valence-electron chi connectivity index (χ4n) is 3.04. The van der Waals surface area contributed by atoms with Gasteiger partial charge in [0.15, 0.2) is 0 Å². The number of halogens is 3. The van der Waals surface area contributed by atoms with Gasteiger partial charge in [0.1, 0.15) is 11.9 Å². The summed E-state index contributed by atoms with van der Waals surface area (Å²) in [7, 11) is 0. The van der Waals surface area contributed by atoms with Crippen LogP contribution in [-0.2, 0) is 11.2 Å². The summed E-state index contributed by atoms with van der Waals surface area (Å²) in [5, 5.41) is 11.7. The van der Waals surface area contributed by atoms with Gasteiger partial charge in [0, 0.05) is 23.0 Å². The third kappa shape index (κ3) is 4.31. The number of nitrogens with one attached hydrogen (secondary N) is 2. The van der Waals surface area contributed by atoms with Crippen molar-refractivity contribution in [1.29, 1.82) is 0 Å². The van der Waals surface area contributed by atoms with Crippen molar-refractivity contribution in [2.45, 2.75) is 25.3 Å². The highest BCUT2D eigenvalue weighted by Gasteiger charge is 2.22. The molecule has 142 valence electrons. The molecule has 7 heteroatoms. The number of benzene rings is 2. The highest BCUT2D eigenvalue weighted by Crippen LogP contribution is 2.31. The van der Waals surface area contributed by atoms with Crippen LogP contribution in [0.25, 0.3) is 22.2 Å². The first-order valence-electron chi connectivity index (χ1n) is 8.53. The van der Waals surface area contributed by atoms with E-state index in [9.17, 15) is 18.0 Å². The first kappa shape index (κ1) is 19.0. The summed E-state index contributed by atoms with van der Waals surface area (Å²) in [6.45, 7) is -0.836. The fraction of sp³-hybridized carbons (Fsp3) is 0.250. The Hall–Kier alpha value is -2.80. The quantitative estimate of drug-likeness (QED) is 0.589. The monoisotopic (exact) mass is 376 g/mol. The van der Waals surface area contributed by atoms with Crippen LogP contribution in [0.2, 0.25) is 0 Å². The molecule has 0 saturated heterocycles. The number of carbonyl (C=O) groups excluding carboxylic acids is 1. The number of aliphatic hydroxyl groups excluding tert-OH is 1. The van der Waals surface area contributed by atoms with Crippen LogP contribution in [0.15, 0.2) is 48.5 Å². The Labute approximate surface area is 154 Å². The van der Waals surface area contributed by atoms with Gasteiger partial charge in [0.25, 0.3) is 6.43 Å². The Bertz CT molecular complexity index is 926. The van der Waals surface area contributed by atoms with Crippen LogP contribution in [0.5, 0.6) is 0 Å². The van der Waals surface area contributed by atoms with Gasteiger partial charge in [-0.1, -0.05) is 30.3 Å². The lowest BCUT2D eigenvalue weighted by atomic mass is 10.0. The molecule has 2 aromatic carbocycles. The van der Waals surface area contributed by atoms with E-state index in [1.54, 1.807) is 6.07 Å². The molecule has 4 nitrogen and oxygen atoms in total. The van der Waals surface area contributed by atoms with Crippen molar-refractivity contribution in [2.75, 3.05) is 6.61 Å². The Balaban J connectivity index is 1.88. The average molecular weight is 376 g/mol. The Kier molecular flexibility index (Phi) is 5.81. The third-order valence-corrected chi connectivity index (χ3v) is 4.38. The maximum absolute atomic E-state index is 13.7. The number of alkyl halides is 2. The zero-order valence-corrected chi connectivity index (χ0v) is 14.4. The number of fused-ring (bicyclic) bond motifs is 1. The predicted molar refractivity (Wildman–Crippen MR) is 97.0 cm³/mol. The number of aryl methyl sites for hydroxylation is 1. The molecule has 0 bridgehead atoms. The van der Waals surface area contributed by atoms with Gasteiger partial charge in [0.05, 0.1) is 6.61 Å². The van der Waals surface area contributed by atoms with Crippen LogP contribution >= 0.6 is 0 Å². The summed E-state index contributed by atoms with van der Waals surface area (Å²) in [4.78, 5) is 15.3. The molecule has 0 saturated carbocycles. The van der Waals surface area contributed by atoms with Crippen molar-refractivity contribution in [3.8, 4) is 11.3 Å². The lowest BCUT2D eigenvalue weighted by molar-refractivity contribution is -0.123. The van der Waals surface area contributed by atoms with Crippen LogP contribution < -0.4 is 5.32 Å². The Morgan fingerprint density at radius 2 is 1.89 bits per heavy atom. The van der Waals surface area contributed by atoms with Crippen molar-refractivity contribution in [2.24, 2.45) is 0 Å². The van der Waals surface area contributed by atoms with Gasteiger partial charge in [-0.05, 0) is 35.7 Å². The molecule has 0 aliphatic heterocycles. The van der Waals surface area contributed by atoms with Crippen LogP contribution in [-0.4, -0.2) is 35.1 Å². The standard InChI is InChI=1S/C20H19F3N2O2/c21-13-6-8-16-15(10-13)14(19(25-16)12-4-2-1-3-5-12)7-9-18(27)24-17(11-26)20(22)23/h1-6,8,10,17,20,25-26H,7,9,11H2,(H,24,27). The van der Waals surface area contributed by atoms with Crippen LogP contribution in [0.4, 0.5) is 13.2 Å². The number of H-pyrrole nitrogens is 1. The minimum Gasteiger partial charge on any atom is -0.394 e. The van der Waals surface area contributed by atoms with Crippen LogP contribution in [0, 0.1) is 5.82 Å². The molecule has 0 radical (unpaired) electrons. The van der Waals surface area contributed by atoms with E-state index in [4.69, 9.17) is 5.11 Å². The maximum atomic E-state index is 13.7. The second-order valence-electron chi connectivity index (χ2n) is 6.23. The zero-order valence-electron chi connectivity index (χ0n) is 14.4. The minimum absolute atomic E-state index is 0.0630. The molecular weight excluding hydrogens is 357 g/mol. The number of amides is 1. The third-order valence-electron chi connectivity index (χ3n) is 4.38. The van der Waals surface area contributed by atoms with Crippen molar-refractivity contribution in [3.63, 3.8) is 0 Å². The SMILES string of the molecule is O=C(CCc1c(-c2ccccc2)[nH]c2ccc(F)cc12)NC(CO)C(F)F. The zero-order chi connectivity index (χ0) is 19.4. The normalized spacial score (nSPS) is 12.5. The molecule has 3 aromatic rings. The van der Waals surface area contributed by atoms with Gasteiger partial charge < -0.3 is 15.4 Å². The van der Waals surface area contributed by atoms with Crippen LogP contribution in [0.1, 0.15) is 12.0 Å². The molecule has 1 amide bonds. The van der Waals surface area contributed by atoms with E-state index >= 15 is 0 Å². The minimum atomic E-state index is -2.85. The summed E-state index contributed by atoms with van der Waals surface area (Å²) in [5.74, 6) is -0.996. The molecule has 0 fully saturated rings. The van der Waals surface area contributed by atoms with E-state index in [0.29, 0.717) is 5.39 Å². The average Bonchev–Trinajstić information content (AvgIpc) is 3.02. The largest absolute Gasteiger partial charge is 0.394 e. The lowest BCUT2D eigenvalue weighted by Crippen LogP contribution is -2.42. The van der Waals surface area contributed by atoms with Gasteiger partial charge in [-0.2, -0.15) is 0 Å². The molecular formula is C20H19F3N2O2. The number of hydrogen-bond donors (Lipinski definition) is 3. The summed E-state index contributed by atoms with van der Waals surface area (Å²) in [5.41, 5.74) is 3.11. The van der Waals surface area contributed by atoms with Gasteiger partial charge in [0.2, 0.25) is 5.91 Å². The molecule has 1 unspecified atom stereocenters. The highest BCUT2D eigenvalue weighted by molar-refractivity contribution is 5.91. The maximum Gasteiger partial charge on any atom is 0.260 e. The Morgan fingerprint density at radius 1 is 1.15 bits per heavy atom. The van der Waals surface area contributed by atoms with E-state index in [1.807, 2.05) is 30.3 Å². The van der Waals surface area contributed by atoms with Crippen LogP contribution in [0.3, 0.4) is 0 Å². The van der Waals surface area contributed by atoms with E-state index in [1.165, 1.54) is 12.1 Å². The topological polar surface area (TPSA) is 65.1 Å². The van der Waals surface area contributed by atoms with Crippen molar-refractivity contribution in [1.82, 2.24) is 10.3 Å². The second-order valence-corrected chi connectivity index (χ2v) is 6.23. The van der Waals surface area contributed by atoms with Gasteiger partial charge in [-0.25, -0.2) is 13.2 Å². The van der Waals surface area contributed by atoms with E-state index in [2.05, 4.69) is 10.3 Å². The molecule has 1 heterocycles. The summed E-state index contributed by atoms with van der Waals surface area (Å²) < 4.78 is 39.1. The fourth-order valence-corrected chi connectivity index (χ4v) is 3.04. The summed E-state index contributed by atoms with van der Waals surface area (Å²) >= 11 is 0. The molecule has 0 aliphatic carbocycles. The molecule has 3 N–H and O–H groups in total. The second kappa shape index (κ2) is 8.26. The predicted octanol–water partition coefficient (Wildman–Crippen LogP) is 3.65. The molecule has 1 aromatic heterocycles. The van der Waals surface area contributed by atoms with Crippen molar-refractivity contribution < 1.29 is 23.1 Å². The van der Waals surface area contributed by atoms with E-state index in [-0.39, 0.29) is 12.8 Å². The smallest absolute Gasteiger partial charge is 0.260 e. The molecule has 3 rings (SSSR count). The number of aliphatic hydroxyl groups is 1. The first-order chi connectivity index (χ1) is 13.0. The van der Waals surface area contributed by atoms with Gasteiger partial charge >= 0.3 is 0 Å². The van der Waals surface area contributed by atoms with E-state index in [0.717, 1.165) is 22.3 Å². The number of aromatic amines is 1. The number of hydrogen-bond acceptors (Lipinski definition) is 2. The van der Waals surface area contributed by atoms with Gasteiger partial charge in [-0.15, -0.1) is 0 Å². The molecule has 0 aliphatic rings. The molecule has 1 atom stereocenters. The van der Waals surface area contributed by atoms with Crippen molar-refractivity contribution in [3.05, 3.63) is 59.9 Å². The lowest BCUT2D eigenvalue weighted by Gasteiger charge is -2.15.